The minimum atomic E-state index is -0.374. The van der Waals surface area contributed by atoms with Gasteiger partial charge in [-0.25, -0.2) is 9.78 Å². The Morgan fingerprint density at radius 3 is 2.41 bits per heavy atom. The first-order valence-electron chi connectivity index (χ1n) is 6.65. The zero-order valence-electron chi connectivity index (χ0n) is 12.5. The highest BCUT2D eigenvalue weighted by molar-refractivity contribution is 7.98. The van der Waals surface area contributed by atoms with E-state index in [1.165, 1.54) is 23.4 Å². The van der Waals surface area contributed by atoms with Gasteiger partial charge in [-0.2, -0.15) is 0 Å². The zero-order valence-corrected chi connectivity index (χ0v) is 13.3. The highest BCUT2D eigenvalue weighted by Crippen LogP contribution is 2.23. The van der Waals surface area contributed by atoms with E-state index in [0.29, 0.717) is 22.1 Å². The summed E-state index contributed by atoms with van der Waals surface area (Å²) in [6, 6.07) is 3.87. The van der Waals surface area contributed by atoms with Crippen LogP contribution in [0.2, 0.25) is 0 Å². The average molecular weight is 317 g/mol. The fourth-order valence-electron chi connectivity index (χ4n) is 2.25. The Balaban J connectivity index is 2.07. The second-order valence-electron chi connectivity index (χ2n) is 4.98. The topological polar surface area (TPSA) is 74.7 Å². The maximum Gasteiger partial charge on any atom is 0.332 e. The van der Waals surface area contributed by atoms with Gasteiger partial charge in [0.15, 0.2) is 16.3 Å². The van der Waals surface area contributed by atoms with E-state index in [4.69, 9.17) is 0 Å². The number of hydrogen-bond acceptors (Lipinski definition) is 5. The van der Waals surface area contributed by atoms with Gasteiger partial charge in [-0.05, 0) is 17.7 Å². The van der Waals surface area contributed by atoms with Crippen molar-refractivity contribution in [2.45, 2.75) is 10.9 Å². The maximum absolute atomic E-state index is 12.3. The second-order valence-corrected chi connectivity index (χ2v) is 5.92. The third-order valence-corrected chi connectivity index (χ3v) is 4.65. The van der Waals surface area contributed by atoms with Gasteiger partial charge in [0.2, 0.25) is 0 Å². The first-order chi connectivity index (χ1) is 10.5. The molecular weight excluding hydrogens is 302 g/mol. The lowest BCUT2D eigenvalue weighted by atomic mass is 10.3. The molecule has 0 aromatic carbocycles. The zero-order chi connectivity index (χ0) is 15.9. The fourth-order valence-corrected chi connectivity index (χ4v) is 3.18. The number of hydrogen-bond donors (Lipinski definition) is 0. The van der Waals surface area contributed by atoms with E-state index in [1.54, 1.807) is 31.1 Å². The molecule has 0 aliphatic rings. The van der Waals surface area contributed by atoms with Crippen molar-refractivity contribution >= 4 is 22.9 Å². The Labute approximate surface area is 130 Å². The van der Waals surface area contributed by atoms with Crippen LogP contribution in [0.5, 0.6) is 0 Å². The molecule has 0 N–H and O–H groups in total. The number of nitrogens with zero attached hydrogens (tertiary/aromatic N) is 5. The lowest BCUT2D eigenvalue weighted by Crippen LogP contribution is -2.37. The summed E-state index contributed by atoms with van der Waals surface area (Å²) in [4.78, 5) is 32.7. The van der Waals surface area contributed by atoms with Crippen LogP contribution in [0.15, 0.2) is 39.3 Å². The highest BCUT2D eigenvalue weighted by Gasteiger charge is 2.17. The maximum atomic E-state index is 12.3. The first-order valence-corrected chi connectivity index (χ1v) is 7.63. The van der Waals surface area contributed by atoms with E-state index in [9.17, 15) is 9.59 Å². The minimum Gasteiger partial charge on any atom is -0.316 e. The number of aromatic nitrogens is 5. The van der Waals surface area contributed by atoms with Gasteiger partial charge >= 0.3 is 5.69 Å². The van der Waals surface area contributed by atoms with E-state index in [1.807, 2.05) is 12.1 Å². The molecule has 0 saturated heterocycles. The molecule has 114 valence electrons. The van der Waals surface area contributed by atoms with Crippen LogP contribution < -0.4 is 11.2 Å². The van der Waals surface area contributed by atoms with Crippen LogP contribution in [-0.4, -0.2) is 23.7 Å². The van der Waals surface area contributed by atoms with Crippen LogP contribution in [0.25, 0.3) is 11.2 Å². The van der Waals surface area contributed by atoms with Crippen molar-refractivity contribution in [3.05, 3.63) is 50.9 Å². The molecule has 8 heteroatoms. The Kier molecular flexibility index (Phi) is 3.61. The molecule has 3 rings (SSSR count). The first kappa shape index (κ1) is 14.6. The molecule has 0 aliphatic carbocycles. The highest BCUT2D eigenvalue weighted by atomic mass is 32.2. The van der Waals surface area contributed by atoms with Gasteiger partial charge in [-0.3, -0.25) is 18.9 Å². The van der Waals surface area contributed by atoms with Gasteiger partial charge in [0.1, 0.15) is 0 Å². The molecule has 0 fully saturated rings. The Morgan fingerprint density at radius 2 is 1.73 bits per heavy atom. The molecule has 0 saturated carbocycles. The van der Waals surface area contributed by atoms with Crippen LogP contribution in [0, 0.1) is 0 Å². The molecule has 0 atom stereocenters. The predicted molar refractivity (Wildman–Crippen MR) is 85.0 cm³/mol. The van der Waals surface area contributed by atoms with Crippen LogP contribution in [-0.2, 0) is 26.9 Å². The number of pyridine rings is 1. The molecule has 0 spiro atoms. The molecule has 7 nitrogen and oxygen atoms in total. The molecular formula is C14H15N5O2S. The lowest BCUT2D eigenvalue weighted by Gasteiger charge is -2.03. The van der Waals surface area contributed by atoms with E-state index >= 15 is 0 Å². The van der Waals surface area contributed by atoms with Gasteiger partial charge < -0.3 is 4.57 Å². The van der Waals surface area contributed by atoms with Crippen LogP contribution in [0.4, 0.5) is 0 Å². The Morgan fingerprint density at radius 1 is 1.05 bits per heavy atom. The van der Waals surface area contributed by atoms with Crippen molar-refractivity contribution in [2.24, 2.45) is 21.1 Å². The summed E-state index contributed by atoms with van der Waals surface area (Å²) in [7, 11) is 4.88. The summed E-state index contributed by atoms with van der Waals surface area (Å²) in [6.07, 6.45) is 3.48. The van der Waals surface area contributed by atoms with Crippen molar-refractivity contribution < 1.29 is 0 Å². The summed E-state index contributed by atoms with van der Waals surface area (Å²) in [6.45, 7) is 0. The van der Waals surface area contributed by atoms with E-state index in [-0.39, 0.29) is 11.2 Å². The van der Waals surface area contributed by atoms with Gasteiger partial charge in [0, 0.05) is 39.3 Å². The van der Waals surface area contributed by atoms with Crippen molar-refractivity contribution in [2.75, 3.05) is 0 Å². The molecule has 0 unspecified atom stereocenters. The largest absolute Gasteiger partial charge is 0.332 e. The predicted octanol–water partition coefficient (Wildman–Crippen LogP) is 0.658. The van der Waals surface area contributed by atoms with Crippen molar-refractivity contribution in [3.63, 3.8) is 0 Å². The van der Waals surface area contributed by atoms with Gasteiger partial charge in [-0.1, -0.05) is 11.8 Å². The molecule has 0 amide bonds. The summed E-state index contributed by atoms with van der Waals surface area (Å²) >= 11 is 1.52. The lowest BCUT2D eigenvalue weighted by molar-refractivity contribution is 0.705. The van der Waals surface area contributed by atoms with Gasteiger partial charge in [0.05, 0.1) is 0 Å². The minimum absolute atomic E-state index is 0.330. The van der Waals surface area contributed by atoms with E-state index < -0.39 is 0 Å². The molecule has 0 radical (unpaired) electrons. The third-order valence-electron chi connectivity index (χ3n) is 3.55. The van der Waals surface area contributed by atoms with Gasteiger partial charge in [0.25, 0.3) is 5.56 Å². The third kappa shape index (κ3) is 2.25. The van der Waals surface area contributed by atoms with Crippen molar-refractivity contribution in [3.8, 4) is 0 Å². The van der Waals surface area contributed by atoms with Crippen LogP contribution in [0.3, 0.4) is 0 Å². The van der Waals surface area contributed by atoms with Crippen LogP contribution in [0.1, 0.15) is 5.56 Å². The summed E-state index contributed by atoms with van der Waals surface area (Å²) in [5, 5.41) is 0.699. The second kappa shape index (κ2) is 5.45. The molecule has 0 bridgehead atoms. The Hall–Kier alpha value is -2.35. The van der Waals surface area contributed by atoms with Gasteiger partial charge in [-0.15, -0.1) is 0 Å². The van der Waals surface area contributed by atoms with Crippen molar-refractivity contribution in [1.29, 1.82) is 0 Å². The fraction of sp³-hybridized carbons (Fsp3) is 0.286. The number of fused-ring (bicyclic) bond motifs is 1. The molecule has 3 aromatic heterocycles. The number of aryl methyl sites for hydroxylation is 2. The molecule has 3 aromatic rings. The quantitative estimate of drug-likeness (QED) is 0.663. The molecule has 0 aliphatic heterocycles. The molecule has 3 heterocycles. The van der Waals surface area contributed by atoms with E-state index in [2.05, 4.69) is 9.97 Å². The monoisotopic (exact) mass is 317 g/mol. The number of thioether (sulfide) groups is 1. The average Bonchev–Trinajstić information content (AvgIpc) is 2.87. The number of imidazole rings is 1. The standard InChI is InChI=1S/C14H15N5O2S/c1-17-10-11(18(2)14(21)19(3)12(10)20)16-13(17)22-8-9-4-6-15-7-5-9/h4-7H,8H2,1-3H3. The summed E-state index contributed by atoms with van der Waals surface area (Å²) in [5.74, 6) is 0.716. The smallest absolute Gasteiger partial charge is 0.316 e. The number of rotatable bonds is 3. The normalized spacial score (nSPS) is 11.2. The van der Waals surface area contributed by atoms with E-state index in [0.717, 1.165) is 10.1 Å². The molecule has 22 heavy (non-hydrogen) atoms. The summed E-state index contributed by atoms with van der Waals surface area (Å²) < 4.78 is 4.23. The summed E-state index contributed by atoms with van der Waals surface area (Å²) in [5.41, 5.74) is 1.26. The van der Waals surface area contributed by atoms with Crippen LogP contribution >= 0.6 is 11.8 Å². The SMILES string of the molecule is Cn1c(=O)c2c(nc(SCc3ccncc3)n2C)n(C)c1=O. The Bertz CT molecular complexity index is 955. The van der Waals surface area contributed by atoms with Crippen molar-refractivity contribution in [1.82, 2.24) is 23.7 Å².